The summed E-state index contributed by atoms with van der Waals surface area (Å²) < 4.78 is 12.2. The van der Waals surface area contributed by atoms with Gasteiger partial charge in [-0.05, 0) is 51.0 Å². The molecular weight excluding hydrogens is 300 g/mol. The summed E-state index contributed by atoms with van der Waals surface area (Å²) in [5, 5.41) is 9.23. The normalized spacial score (nSPS) is 15.3. The van der Waals surface area contributed by atoms with E-state index >= 15 is 0 Å². The average Bonchev–Trinajstić information content (AvgIpc) is 2.58. The van der Waals surface area contributed by atoms with Crippen LogP contribution < -0.4 is 0 Å². The van der Waals surface area contributed by atoms with E-state index in [9.17, 15) is 5.11 Å². The lowest BCUT2D eigenvalue weighted by molar-refractivity contribution is -0.0820. The Morgan fingerprint density at radius 2 is 1.33 bits per heavy atom. The third kappa shape index (κ3) is 7.25. The monoisotopic (exact) mass is 342 g/mol. The first kappa shape index (κ1) is 23.6. The number of aliphatic hydroxyl groups excluding tert-OH is 1. The van der Waals surface area contributed by atoms with Crippen LogP contribution in [0, 0.1) is 5.41 Å². The van der Waals surface area contributed by atoms with Crippen molar-refractivity contribution in [3.63, 3.8) is 0 Å². The fourth-order valence-electron chi connectivity index (χ4n) is 2.96. The predicted molar refractivity (Wildman–Crippen MR) is 103 cm³/mol. The van der Waals surface area contributed by atoms with E-state index < -0.39 is 5.60 Å². The van der Waals surface area contributed by atoms with Crippen molar-refractivity contribution in [2.75, 3.05) is 19.8 Å². The van der Waals surface area contributed by atoms with Crippen molar-refractivity contribution in [1.29, 1.82) is 0 Å². The molecule has 0 bridgehead atoms. The van der Waals surface area contributed by atoms with Crippen molar-refractivity contribution in [2.45, 2.75) is 98.2 Å². The molecule has 0 spiro atoms. The molecule has 1 N–H and O–H groups in total. The Kier molecular flexibility index (Phi) is 10.4. The first-order chi connectivity index (χ1) is 11.1. The molecule has 0 aliphatic carbocycles. The molecule has 0 saturated carbocycles. The zero-order chi connectivity index (χ0) is 18.9. The quantitative estimate of drug-likeness (QED) is 0.423. The van der Waals surface area contributed by atoms with Gasteiger partial charge in [0.2, 0.25) is 0 Å². The van der Waals surface area contributed by atoms with Crippen LogP contribution in [-0.4, -0.2) is 36.1 Å². The highest BCUT2D eigenvalue weighted by Gasteiger charge is 2.29. The summed E-state index contributed by atoms with van der Waals surface area (Å²) in [5.74, 6) is 0. The SMILES string of the molecule is C=C(CO)C(C)(C)OCCC(C)(CC)OCCC(CC)(CC)CC. The minimum atomic E-state index is -0.495. The smallest absolute Gasteiger partial charge is 0.0854 e. The van der Waals surface area contributed by atoms with E-state index in [0.29, 0.717) is 17.6 Å². The van der Waals surface area contributed by atoms with Gasteiger partial charge >= 0.3 is 0 Å². The second-order valence-electron chi connectivity index (χ2n) is 7.83. The van der Waals surface area contributed by atoms with Crippen LogP contribution in [-0.2, 0) is 9.47 Å². The zero-order valence-corrected chi connectivity index (χ0v) is 17.3. The van der Waals surface area contributed by atoms with Crippen LogP contribution in [0.5, 0.6) is 0 Å². The third-order valence-electron chi connectivity index (χ3n) is 6.22. The molecule has 0 aromatic heterocycles. The predicted octanol–water partition coefficient (Wildman–Crippen LogP) is 5.51. The minimum absolute atomic E-state index is 0.0400. The molecule has 0 amide bonds. The van der Waals surface area contributed by atoms with Gasteiger partial charge in [-0.3, -0.25) is 0 Å². The van der Waals surface area contributed by atoms with Crippen LogP contribution >= 0.6 is 0 Å². The van der Waals surface area contributed by atoms with Crippen molar-refractivity contribution in [1.82, 2.24) is 0 Å². The standard InChI is InChI=1S/C21H42O3/c1-9-20(8,13-15-23-19(6,7)18(5)17-22)24-16-14-21(10-2,11-3)12-4/h22H,5,9-17H2,1-4,6-8H3. The van der Waals surface area contributed by atoms with Crippen LogP contribution in [0.3, 0.4) is 0 Å². The van der Waals surface area contributed by atoms with Crippen LogP contribution in [0.25, 0.3) is 0 Å². The molecule has 1 unspecified atom stereocenters. The van der Waals surface area contributed by atoms with Gasteiger partial charge in [-0.1, -0.05) is 53.5 Å². The largest absolute Gasteiger partial charge is 0.392 e. The molecule has 0 saturated heterocycles. The maximum absolute atomic E-state index is 9.23. The molecule has 0 aromatic rings. The topological polar surface area (TPSA) is 38.7 Å². The van der Waals surface area contributed by atoms with Crippen LogP contribution in [0.2, 0.25) is 0 Å². The minimum Gasteiger partial charge on any atom is -0.392 e. The van der Waals surface area contributed by atoms with Gasteiger partial charge in [-0.2, -0.15) is 0 Å². The molecule has 1 atom stereocenters. The second kappa shape index (κ2) is 10.6. The Hall–Kier alpha value is -0.380. The summed E-state index contributed by atoms with van der Waals surface area (Å²) in [4.78, 5) is 0. The molecule has 0 rings (SSSR count). The molecule has 0 fully saturated rings. The Labute approximate surface area is 150 Å². The highest BCUT2D eigenvalue weighted by Crippen LogP contribution is 2.35. The van der Waals surface area contributed by atoms with Gasteiger partial charge in [0.05, 0.1) is 24.4 Å². The molecule has 3 nitrogen and oxygen atoms in total. The van der Waals surface area contributed by atoms with Gasteiger partial charge in [0.25, 0.3) is 0 Å². The maximum Gasteiger partial charge on any atom is 0.0854 e. The van der Waals surface area contributed by atoms with Crippen molar-refractivity contribution in [3.05, 3.63) is 12.2 Å². The van der Waals surface area contributed by atoms with Crippen LogP contribution in [0.1, 0.15) is 87.0 Å². The Morgan fingerprint density at radius 1 is 0.833 bits per heavy atom. The molecule has 0 radical (unpaired) electrons. The lowest BCUT2D eigenvalue weighted by Gasteiger charge is -2.35. The van der Waals surface area contributed by atoms with Gasteiger partial charge in [-0.15, -0.1) is 0 Å². The molecule has 24 heavy (non-hydrogen) atoms. The van der Waals surface area contributed by atoms with Gasteiger partial charge < -0.3 is 14.6 Å². The van der Waals surface area contributed by atoms with Crippen molar-refractivity contribution >= 4 is 0 Å². The zero-order valence-electron chi connectivity index (χ0n) is 17.3. The van der Waals surface area contributed by atoms with Gasteiger partial charge in [0.15, 0.2) is 0 Å². The summed E-state index contributed by atoms with van der Waals surface area (Å²) in [6.45, 7) is 20.4. The Bertz CT molecular complexity index is 350. The molecule has 0 heterocycles. The molecule has 3 heteroatoms. The van der Waals surface area contributed by atoms with Gasteiger partial charge in [-0.25, -0.2) is 0 Å². The second-order valence-corrected chi connectivity index (χ2v) is 7.83. The van der Waals surface area contributed by atoms with Crippen molar-refractivity contribution in [3.8, 4) is 0 Å². The molecule has 0 aliphatic rings. The van der Waals surface area contributed by atoms with E-state index in [0.717, 1.165) is 25.9 Å². The molecule has 144 valence electrons. The number of rotatable bonds is 14. The Balaban J connectivity index is 4.47. The summed E-state index contributed by atoms with van der Waals surface area (Å²) in [6, 6.07) is 0. The lowest BCUT2D eigenvalue weighted by Crippen LogP contribution is -2.35. The van der Waals surface area contributed by atoms with E-state index in [4.69, 9.17) is 9.47 Å². The van der Waals surface area contributed by atoms with E-state index in [2.05, 4.69) is 41.2 Å². The van der Waals surface area contributed by atoms with Crippen molar-refractivity contribution < 1.29 is 14.6 Å². The van der Waals surface area contributed by atoms with Gasteiger partial charge in [0, 0.05) is 6.61 Å². The molecule has 0 aromatic carbocycles. The van der Waals surface area contributed by atoms with Crippen LogP contribution in [0.4, 0.5) is 0 Å². The summed E-state index contributed by atoms with van der Waals surface area (Å²) in [5.41, 5.74) is 0.481. The first-order valence-electron chi connectivity index (χ1n) is 9.71. The van der Waals surface area contributed by atoms with E-state index in [1.165, 1.54) is 19.3 Å². The first-order valence-corrected chi connectivity index (χ1v) is 9.71. The average molecular weight is 343 g/mol. The van der Waals surface area contributed by atoms with Gasteiger partial charge in [0.1, 0.15) is 0 Å². The van der Waals surface area contributed by atoms with Crippen LogP contribution in [0.15, 0.2) is 12.2 Å². The molecular formula is C21H42O3. The highest BCUT2D eigenvalue weighted by molar-refractivity contribution is 5.09. The number of hydrogen-bond donors (Lipinski definition) is 1. The fourth-order valence-corrected chi connectivity index (χ4v) is 2.96. The highest BCUT2D eigenvalue weighted by atomic mass is 16.5. The Morgan fingerprint density at radius 3 is 1.75 bits per heavy atom. The van der Waals surface area contributed by atoms with E-state index in [1.54, 1.807) is 0 Å². The third-order valence-corrected chi connectivity index (χ3v) is 6.22. The maximum atomic E-state index is 9.23. The number of ether oxygens (including phenoxy) is 2. The van der Waals surface area contributed by atoms with E-state index in [-0.39, 0.29) is 12.2 Å². The number of hydrogen-bond acceptors (Lipinski definition) is 3. The van der Waals surface area contributed by atoms with E-state index in [1.807, 2.05) is 13.8 Å². The lowest BCUT2D eigenvalue weighted by atomic mass is 9.77. The van der Waals surface area contributed by atoms with Crippen molar-refractivity contribution in [2.24, 2.45) is 5.41 Å². The fraction of sp³-hybridized carbons (Fsp3) is 0.905. The number of aliphatic hydroxyl groups is 1. The summed E-state index contributed by atoms with van der Waals surface area (Å²) >= 11 is 0. The summed E-state index contributed by atoms with van der Waals surface area (Å²) in [7, 11) is 0. The summed E-state index contributed by atoms with van der Waals surface area (Å²) in [6.07, 6.45) is 6.59. The molecule has 0 aliphatic heterocycles.